The number of carbonyl (C=O) groups is 3. The largest absolute Gasteiger partial charge is 0.336 e. The normalized spacial score (nSPS) is 23.1. The van der Waals surface area contributed by atoms with Crippen LogP contribution in [0, 0.1) is 5.92 Å². The zero-order valence-corrected chi connectivity index (χ0v) is 13.9. The summed E-state index contributed by atoms with van der Waals surface area (Å²) in [6.07, 6.45) is 4.51. The second-order valence-corrected chi connectivity index (χ2v) is 6.58. The number of nitrogens with zero attached hydrogens (tertiary/aromatic N) is 1. The van der Waals surface area contributed by atoms with E-state index in [4.69, 9.17) is 0 Å². The summed E-state index contributed by atoms with van der Waals surface area (Å²) < 4.78 is 0. The summed E-state index contributed by atoms with van der Waals surface area (Å²) >= 11 is 0. The van der Waals surface area contributed by atoms with Crippen LogP contribution in [0.1, 0.15) is 53.3 Å². The Labute approximate surface area is 141 Å². The molecule has 2 unspecified atom stereocenters. The Bertz CT molecular complexity index is 624. The van der Waals surface area contributed by atoms with Crippen molar-refractivity contribution in [2.75, 3.05) is 13.1 Å². The zero-order chi connectivity index (χ0) is 17.1. The standard InChI is InChI=1S/C18H23N3O3/c1-12-6-2-5-9-15(12)20-18(24)19-10-11-21-16(22)13-7-3-4-8-14(13)17(21)23/h3-4,7-8,12,15H,2,5-6,9-11H2,1H3,(H2,19,20,24). The molecule has 1 aliphatic carbocycles. The minimum absolute atomic E-state index is 0.181. The van der Waals surface area contributed by atoms with E-state index in [2.05, 4.69) is 17.6 Å². The van der Waals surface area contributed by atoms with Crippen molar-refractivity contribution in [2.45, 2.75) is 38.6 Å². The molecule has 6 heteroatoms. The third-order valence-corrected chi connectivity index (χ3v) is 4.93. The highest BCUT2D eigenvalue weighted by molar-refractivity contribution is 6.21. The number of benzene rings is 1. The van der Waals surface area contributed by atoms with Gasteiger partial charge in [-0.05, 0) is 30.9 Å². The minimum atomic E-state index is -0.293. The van der Waals surface area contributed by atoms with E-state index in [1.807, 2.05) is 0 Å². The van der Waals surface area contributed by atoms with E-state index in [1.54, 1.807) is 24.3 Å². The zero-order valence-electron chi connectivity index (χ0n) is 13.9. The molecular formula is C18H23N3O3. The molecule has 0 saturated heterocycles. The SMILES string of the molecule is CC1CCCCC1NC(=O)NCCN1C(=O)c2ccccc2C1=O. The van der Waals surface area contributed by atoms with Crippen molar-refractivity contribution in [3.63, 3.8) is 0 Å². The average Bonchev–Trinajstić information content (AvgIpc) is 2.82. The Morgan fingerprint density at radius 1 is 1.12 bits per heavy atom. The molecule has 0 bridgehead atoms. The number of hydrogen-bond acceptors (Lipinski definition) is 3. The molecule has 4 amide bonds. The van der Waals surface area contributed by atoms with Gasteiger partial charge < -0.3 is 10.6 Å². The van der Waals surface area contributed by atoms with Gasteiger partial charge in [-0.1, -0.05) is 31.9 Å². The van der Waals surface area contributed by atoms with Crippen LogP contribution in [-0.4, -0.2) is 41.9 Å². The molecule has 1 heterocycles. The van der Waals surface area contributed by atoms with Gasteiger partial charge in [0.25, 0.3) is 11.8 Å². The lowest BCUT2D eigenvalue weighted by molar-refractivity contribution is 0.0655. The molecule has 3 rings (SSSR count). The fourth-order valence-electron chi connectivity index (χ4n) is 3.47. The molecule has 24 heavy (non-hydrogen) atoms. The third-order valence-electron chi connectivity index (χ3n) is 4.93. The van der Waals surface area contributed by atoms with Gasteiger partial charge in [-0.3, -0.25) is 14.5 Å². The molecule has 128 valence electrons. The molecule has 2 atom stereocenters. The number of amides is 4. The van der Waals surface area contributed by atoms with Crippen molar-refractivity contribution in [2.24, 2.45) is 5.92 Å². The predicted molar refractivity (Wildman–Crippen MR) is 89.8 cm³/mol. The topological polar surface area (TPSA) is 78.5 Å². The fourth-order valence-corrected chi connectivity index (χ4v) is 3.47. The molecule has 2 aliphatic rings. The van der Waals surface area contributed by atoms with Crippen LogP contribution in [0.5, 0.6) is 0 Å². The van der Waals surface area contributed by atoms with Crippen molar-refractivity contribution in [3.05, 3.63) is 35.4 Å². The van der Waals surface area contributed by atoms with Crippen LogP contribution < -0.4 is 10.6 Å². The van der Waals surface area contributed by atoms with Gasteiger partial charge in [0.05, 0.1) is 11.1 Å². The van der Waals surface area contributed by atoms with Crippen LogP contribution in [0.4, 0.5) is 4.79 Å². The summed E-state index contributed by atoms with van der Waals surface area (Å²) in [4.78, 5) is 37.6. The number of urea groups is 1. The molecular weight excluding hydrogens is 306 g/mol. The lowest BCUT2D eigenvalue weighted by Gasteiger charge is -2.29. The van der Waals surface area contributed by atoms with Crippen molar-refractivity contribution in [1.82, 2.24) is 15.5 Å². The van der Waals surface area contributed by atoms with Crippen LogP contribution >= 0.6 is 0 Å². The number of hydrogen-bond donors (Lipinski definition) is 2. The highest BCUT2D eigenvalue weighted by Crippen LogP contribution is 2.24. The van der Waals surface area contributed by atoms with Crippen LogP contribution in [0.15, 0.2) is 24.3 Å². The highest BCUT2D eigenvalue weighted by atomic mass is 16.2. The summed E-state index contributed by atoms with van der Waals surface area (Å²) in [6, 6.07) is 6.76. The van der Waals surface area contributed by atoms with E-state index in [0.29, 0.717) is 17.0 Å². The van der Waals surface area contributed by atoms with E-state index in [9.17, 15) is 14.4 Å². The molecule has 2 N–H and O–H groups in total. The maximum atomic E-state index is 12.2. The molecule has 6 nitrogen and oxygen atoms in total. The van der Waals surface area contributed by atoms with E-state index in [1.165, 1.54) is 11.3 Å². The van der Waals surface area contributed by atoms with E-state index >= 15 is 0 Å². The first-order valence-electron chi connectivity index (χ1n) is 8.57. The molecule has 0 radical (unpaired) electrons. The van der Waals surface area contributed by atoms with Crippen molar-refractivity contribution in [3.8, 4) is 0 Å². The maximum Gasteiger partial charge on any atom is 0.315 e. The van der Waals surface area contributed by atoms with Gasteiger partial charge in [-0.2, -0.15) is 0 Å². The van der Waals surface area contributed by atoms with Gasteiger partial charge >= 0.3 is 6.03 Å². The van der Waals surface area contributed by atoms with Crippen molar-refractivity contribution >= 4 is 17.8 Å². The smallest absolute Gasteiger partial charge is 0.315 e. The Hall–Kier alpha value is -2.37. The quantitative estimate of drug-likeness (QED) is 0.831. The number of carbonyl (C=O) groups excluding carboxylic acids is 3. The third kappa shape index (κ3) is 3.27. The fraction of sp³-hybridized carbons (Fsp3) is 0.500. The van der Waals surface area contributed by atoms with E-state index < -0.39 is 0 Å². The lowest BCUT2D eigenvalue weighted by atomic mass is 9.86. The monoisotopic (exact) mass is 329 g/mol. The molecule has 1 aliphatic heterocycles. The van der Waals surface area contributed by atoms with E-state index in [-0.39, 0.29) is 37.0 Å². The van der Waals surface area contributed by atoms with E-state index in [0.717, 1.165) is 19.3 Å². The maximum absolute atomic E-state index is 12.2. The summed E-state index contributed by atoms with van der Waals surface area (Å²) in [7, 11) is 0. The first-order valence-corrected chi connectivity index (χ1v) is 8.57. The van der Waals surface area contributed by atoms with Gasteiger partial charge in [0.1, 0.15) is 0 Å². The first kappa shape index (κ1) is 16.5. The van der Waals surface area contributed by atoms with Crippen LogP contribution in [0.2, 0.25) is 0 Å². The second kappa shape index (κ2) is 7.03. The molecule has 1 aromatic carbocycles. The van der Waals surface area contributed by atoms with Gasteiger partial charge in [-0.25, -0.2) is 4.79 Å². The predicted octanol–water partition coefficient (Wildman–Crippen LogP) is 2.16. The van der Waals surface area contributed by atoms with Gasteiger partial charge in [0.2, 0.25) is 0 Å². The molecule has 1 aromatic rings. The Morgan fingerprint density at radius 2 is 1.75 bits per heavy atom. The number of rotatable bonds is 4. The van der Waals surface area contributed by atoms with Crippen molar-refractivity contribution in [1.29, 1.82) is 0 Å². The molecule has 0 aromatic heterocycles. The Balaban J connectivity index is 1.48. The summed E-state index contributed by atoms with van der Waals surface area (Å²) in [5.74, 6) is -0.0989. The average molecular weight is 329 g/mol. The summed E-state index contributed by atoms with van der Waals surface area (Å²) in [6.45, 7) is 2.58. The number of nitrogens with one attached hydrogen (secondary N) is 2. The Morgan fingerprint density at radius 3 is 2.38 bits per heavy atom. The molecule has 1 saturated carbocycles. The number of imide groups is 1. The lowest BCUT2D eigenvalue weighted by Crippen LogP contribution is -2.48. The number of fused-ring (bicyclic) bond motifs is 1. The van der Waals surface area contributed by atoms with Gasteiger partial charge in [-0.15, -0.1) is 0 Å². The van der Waals surface area contributed by atoms with Gasteiger partial charge in [0.15, 0.2) is 0 Å². The summed E-state index contributed by atoms with van der Waals surface area (Å²) in [5, 5.41) is 5.74. The molecule has 1 fully saturated rings. The summed E-state index contributed by atoms with van der Waals surface area (Å²) in [5.41, 5.74) is 0.867. The highest BCUT2D eigenvalue weighted by Gasteiger charge is 2.34. The van der Waals surface area contributed by atoms with Gasteiger partial charge in [0, 0.05) is 19.1 Å². The molecule has 0 spiro atoms. The van der Waals surface area contributed by atoms with Crippen LogP contribution in [0.25, 0.3) is 0 Å². The van der Waals surface area contributed by atoms with Crippen LogP contribution in [0.3, 0.4) is 0 Å². The van der Waals surface area contributed by atoms with Crippen LogP contribution in [-0.2, 0) is 0 Å². The van der Waals surface area contributed by atoms with Crippen molar-refractivity contribution < 1.29 is 14.4 Å². The Kier molecular flexibility index (Phi) is 4.83. The second-order valence-electron chi connectivity index (χ2n) is 6.58. The first-order chi connectivity index (χ1) is 11.6. The minimum Gasteiger partial charge on any atom is -0.336 e.